The van der Waals surface area contributed by atoms with Crippen LogP contribution in [0.1, 0.15) is 31.7 Å². The normalized spacial score (nSPS) is 26.8. The van der Waals surface area contributed by atoms with Crippen LogP contribution in [0.2, 0.25) is 0 Å². The average Bonchev–Trinajstić information content (AvgIpc) is 2.52. The lowest BCUT2D eigenvalue weighted by molar-refractivity contribution is 0.0180. The van der Waals surface area contributed by atoms with E-state index in [1.54, 1.807) is 18.2 Å². The van der Waals surface area contributed by atoms with E-state index in [1.807, 2.05) is 0 Å². The van der Waals surface area contributed by atoms with Crippen LogP contribution in [0, 0.1) is 5.82 Å². The van der Waals surface area contributed by atoms with E-state index in [0.29, 0.717) is 18.4 Å². The summed E-state index contributed by atoms with van der Waals surface area (Å²) in [5, 5.41) is 10.7. The van der Waals surface area contributed by atoms with Gasteiger partial charge in [-0.25, -0.2) is 4.39 Å². The number of hydrogen-bond donors (Lipinski definition) is 1. The van der Waals surface area contributed by atoms with Gasteiger partial charge in [-0.3, -0.25) is 0 Å². The minimum Gasteiger partial charge on any atom is -0.385 e. The van der Waals surface area contributed by atoms with Gasteiger partial charge >= 0.3 is 0 Å². The van der Waals surface area contributed by atoms with Crippen molar-refractivity contribution in [2.24, 2.45) is 0 Å². The molecule has 0 amide bonds. The fraction of sp³-hybridized carbons (Fsp3) is 0.571. The molecular formula is C14H20FNO. The molecule has 1 aromatic rings. The zero-order chi connectivity index (χ0) is 12.3. The molecule has 1 aliphatic rings. The van der Waals surface area contributed by atoms with Crippen LogP contribution in [-0.4, -0.2) is 29.6 Å². The molecule has 0 aliphatic carbocycles. The van der Waals surface area contributed by atoms with Gasteiger partial charge in [-0.2, -0.15) is 0 Å². The van der Waals surface area contributed by atoms with E-state index < -0.39 is 5.60 Å². The Morgan fingerprint density at radius 3 is 2.76 bits per heavy atom. The van der Waals surface area contributed by atoms with Crippen LogP contribution in [-0.2, 0) is 5.60 Å². The number of rotatable bonds is 2. The molecule has 1 atom stereocenters. The summed E-state index contributed by atoms with van der Waals surface area (Å²) in [5.74, 6) is -0.292. The Morgan fingerprint density at radius 2 is 2.06 bits per heavy atom. The Labute approximate surface area is 102 Å². The molecule has 0 radical (unpaired) electrons. The van der Waals surface area contributed by atoms with Crippen molar-refractivity contribution in [2.45, 2.75) is 31.8 Å². The number of halogens is 1. The molecule has 1 unspecified atom stereocenters. The van der Waals surface area contributed by atoms with Gasteiger partial charge < -0.3 is 10.0 Å². The van der Waals surface area contributed by atoms with E-state index in [0.717, 1.165) is 26.1 Å². The minimum atomic E-state index is -0.991. The van der Waals surface area contributed by atoms with Crippen LogP contribution in [0.25, 0.3) is 0 Å². The topological polar surface area (TPSA) is 23.5 Å². The first-order valence-electron chi connectivity index (χ1n) is 6.35. The number of hydrogen-bond acceptors (Lipinski definition) is 2. The number of benzene rings is 1. The summed E-state index contributed by atoms with van der Waals surface area (Å²) < 4.78 is 13.8. The number of aliphatic hydroxyl groups is 1. The molecule has 17 heavy (non-hydrogen) atoms. The molecule has 1 aliphatic heterocycles. The second kappa shape index (κ2) is 5.15. The van der Waals surface area contributed by atoms with Crippen LogP contribution >= 0.6 is 0 Å². The van der Waals surface area contributed by atoms with E-state index >= 15 is 0 Å². The second-order valence-electron chi connectivity index (χ2n) is 4.80. The first-order chi connectivity index (χ1) is 8.15. The first-order valence-corrected chi connectivity index (χ1v) is 6.35. The van der Waals surface area contributed by atoms with Crippen molar-refractivity contribution >= 4 is 0 Å². The number of nitrogens with zero attached hydrogens (tertiary/aromatic N) is 1. The van der Waals surface area contributed by atoms with Crippen molar-refractivity contribution in [3.8, 4) is 0 Å². The largest absolute Gasteiger partial charge is 0.385 e. The van der Waals surface area contributed by atoms with Gasteiger partial charge in [-0.1, -0.05) is 25.1 Å². The fourth-order valence-corrected chi connectivity index (χ4v) is 2.60. The monoisotopic (exact) mass is 237 g/mol. The highest BCUT2D eigenvalue weighted by molar-refractivity contribution is 5.24. The molecule has 0 saturated carbocycles. The lowest BCUT2D eigenvalue weighted by Gasteiger charge is -2.27. The van der Waals surface area contributed by atoms with Gasteiger partial charge in [0.2, 0.25) is 0 Å². The Hall–Kier alpha value is -0.930. The van der Waals surface area contributed by atoms with Crippen molar-refractivity contribution in [2.75, 3.05) is 19.6 Å². The smallest absolute Gasteiger partial charge is 0.129 e. The summed E-state index contributed by atoms with van der Waals surface area (Å²) in [6.45, 7) is 4.94. The van der Waals surface area contributed by atoms with Crippen LogP contribution in [0.3, 0.4) is 0 Å². The predicted octanol–water partition coefficient (Wildman–Crippen LogP) is 2.52. The van der Waals surface area contributed by atoms with Crippen molar-refractivity contribution in [3.63, 3.8) is 0 Å². The summed E-state index contributed by atoms with van der Waals surface area (Å²) in [6, 6.07) is 6.59. The lowest BCUT2D eigenvalue weighted by atomic mass is 9.86. The van der Waals surface area contributed by atoms with Crippen molar-refractivity contribution in [1.29, 1.82) is 0 Å². The van der Waals surface area contributed by atoms with E-state index in [4.69, 9.17) is 0 Å². The summed E-state index contributed by atoms with van der Waals surface area (Å²) >= 11 is 0. The van der Waals surface area contributed by atoms with Crippen molar-refractivity contribution in [3.05, 3.63) is 35.6 Å². The summed E-state index contributed by atoms with van der Waals surface area (Å²) in [4.78, 5) is 2.30. The molecular weight excluding hydrogens is 217 g/mol. The second-order valence-corrected chi connectivity index (χ2v) is 4.80. The van der Waals surface area contributed by atoms with Gasteiger partial charge in [0, 0.05) is 12.1 Å². The standard InChI is InChI=1S/C14H20FNO/c1-2-16-10-5-8-14(17,9-11-16)12-6-3-4-7-13(12)15/h3-4,6-7,17H,2,5,8-11H2,1H3. The zero-order valence-electron chi connectivity index (χ0n) is 10.3. The van der Waals surface area contributed by atoms with Gasteiger partial charge in [-0.05, 0) is 38.4 Å². The van der Waals surface area contributed by atoms with Gasteiger partial charge in [0.05, 0.1) is 5.60 Å². The van der Waals surface area contributed by atoms with Crippen LogP contribution in [0.5, 0.6) is 0 Å². The van der Waals surface area contributed by atoms with E-state index in [-0.39, 0.29) is 5.82 Å². The third-order valence-corrected chi connectivity index (χ3v) is 3.73. The molecule has 0 aromatic heterocycles. The summed E-state index contributed by atoms with van der Waals surface area (Å²) in [5.41, 5.74) is -0.534. The average molecular weight is 237 g/mol. The van der Waals surface area contributed by atoms with E-state index in [2.05, 4.69) is 11.8 Å². The van der Waals surface area contributed by atoms with Gasteiger partial charge in [0.15, 0.2) is 0 Å². The molecule has 1 N–H and O–H groups in total. The minimum absolute atomic E-state index is 0.292. The Bertz CT molecular complexity index is 382. The molecule has 94 valence electrons. The predicted molar refractivity (Wildman–Crippen MR) is 66.3 cm³/mol. The highest BCUT2D eigenvalue weighted by atomic mass is 19.1. The van der Waals surface area contributed by atoms with Gasteiger partial charge in [0.25, 0.3) is 0 Å². The highest BCUT2D eigenvalue weighted by Crippen LogP contribution is 2.34. The maximum atomic E-state index is 13.8. The quantitative estimate of drug-likeness (QED) is 0.854. The number of likely N-dealkylation sites (tertiary alicyclic amines) is 1. The van der Waals surface area contributed by atoms with Crippen LogP contribution in [0.15, 0.2) is 24.3 Å². The van der Waals surface area contributed by atoms with Crippen molar-refractivity contribution in [1.82, 2.24) is 4.90 Å². The third-order valence-electron chi connectivity index (χ3n) is 3.73. The zero-order valence-corrected chi connectivity index (χ0v) is 10.3. The van der Waals surface area contributed by atoms with Crippen molar-refractivity contribution < 1.29 is 9.50 Å². The maximum absolute atomic E-state index is 13.8. The van der Waals surface area contributed by atoms with Gasteiger partial charge in [-0.15, -0.1) is 0 Å². The third kappa shape index (κ3) is 2.67. The fourth-order valence-electron chi connectivity index (χ4n) is 2.60. The molecule has 3 heteroatoms. The van der Waals surface area contributed by atoms with E-state index in [9.17, 15) is 9.50 Å². The lowest BCUT2D eigenvalue weighted by Crippen LogP contribution is -2.30. The summed E-state index contributed by atoms with van der Waals surface area (Å²) in [7, 11) is 0. The molecule has 1 saturated heterocycles. The highest BCUT2D eigenvalue weighted by Gasteiger charge is 2.33. The summed E-state index contributed by atoms with van der Waals surface area (Å²) in [6.07, 6.45) is 2.17. The Kier molecular flexibility index (Phi) is 3.79. The molecule has 1 aromatic carbocycles. The first kappa shape index (κ1) is 12.5. The van der Waals surface area contributed by atoms with Crippen LogP contribution in [0.4, 0.5) is 4.39 Å². The molecule has 2 nitrogen and oxygen atoms in total. The van der Waals surface area contributed by atoms with E-state index in [1.165, 1.54) is 6.07 Å². The molecule has 1 fully saturated rings. The molecule has 2 rings (SSSR count). The molecule has 0 spiro atoms. The maximum Gasteiger partial charge on any atom is 0.129 e. The Balaban J connectivity index is 2.21. The Morgan fingerprint density at radius 1 is 1.29 bits per heavy atom. The molecule has 1 heterocycles. The SMILES string of the molecule is CCN1CCCC(O)(c2ccccc2F)CC1. The van der Waals surface area contributed by atoms with Gasteiger partial charge in [0.1, 0.15) is 5.82 Å². The molecule has 0 bridgehead atoms. The van der Waals surface area contributed by atoms with Crippen LogP contribution < -0.4 is 0 Å².